The van der Waals surface area contributed by atoms with E-state index in [-0.39, 0.29) is 24.3 Å². The summed E-state index contributed by atoms with van der Waals surface area (Å²) in [4.78, 5) is 13.0. The molecule has 1 rings (SSSR count). The Kier molecular flexibility index (Phi) is 2.81. The molecule has 1 N–H and O–H groups in total. The van der Waals surface area contributed by atoms with Crippen LogP contribution < -0.4 is 0 Å². The first kappa shape index (κ1) is 10.3. The maximum Gasteiger partial charge on any atom is 0.410 e. The minimum atomic E-state index is -0.333. The van der Waals surface area contributed by atoms with Gasteiger partial charge in [-0.1, -0.05) is 0 Å². The van der Waals surface area contributed by atoms with E-state index in [4.69, 9.17) is 9.84 Å². The van der Waals surface area contributed by atoms with Crippen LogP contribution in [0.25, 0.3) is 0 Å². The summed E-state index contributed by atoms with van der Waals surface area (Å²) in [6.45, 7) is 6.29. The molecule has 1 atom stereocenters. The molecule has 0 aromatic carbocycles. The number of carbonyl (C=O) groups excluding carboxylic acids is 1. The smallest absolute Gasteiger partial charge is 0.410 e. The quantitative estimate of drug-likeness (QED) is 0.716. The molecule has 1 unspecified atom stereocenters. The highest BCUT2D eigenvalue weighted by Gasteiger charge is 2.44. The third-order valence-electron chi connectivity index (χ3n) is 2.45. The summed E-state index contributed by atoms with van der Waals surface area (Å²) in [6.07, 6.45) is 0.294. The Morgan fingerprint density at radius 3 is 2.77 bits per heavy atom. The summed E-state index contributed by atoms with van der Waals surface area (Å²) in [5.41, 5.74) is -0.333. The van der Waals surface area contributed by atoms with E-state index < -0.39 is 0 Å². The maximum atomic E-state index is 11.3. The first-order valence-corrected chi connectivity index (χ1v) is 4.58. The van der Waals surface area contributed by atoms with Crippen LogP contribution in [0.3, 0.4) is 0 Å². The summed E-state index contributed by atoms with van der Waals surface area (Å²) in [5, 5.41) is 8.88. The van der Waals surface area contributed by atoms with E-state index in [0.29, 0.717) is 13.0 Å². The van der Waals surface area contributed by atoms with E-state index in [1.54, 1.807) is 4.90 Å². The molecule has 0 aromatic rings. The molecule has 4 heteroatoms. The van der Waals surface area contributed by atoms with Gasteiger partial charge in [0.2, 0.25) is 0 Å². The van der Waals surface area contributed by atoms with E-state index >= 15 is 0 Å². The van der Waals surface area contributed by atoms with E-state index in [9.17, 15) is 4.79 Å². The maximum absolute atomic E-state index is 11.3. The number of rotatable bonds is 3. The zero-order chi connectivity index (χ0) is 10.1. The highest BCUT2D eigenvalue weighted by Crippen LogP contribution is 2.29. The van der Waals surface area contributed by atoms with Crippen molar-refractivity contribution in [3.63, 3.8) is 0 Å². The van der Waals surface area contributed by atoms with Gasteiger partial charge in [-0.2, -0.15) is 0 Å². The van der Waals surface area contributed by atoms with Crippen molar-refractivity contribution in [1.82, 2.24) is 4.90 Å². The number of carbonyl (C=O) groups is 1. The fourth-order valence-corrected chi connectivity index (χ4v) is 1.84. The van der Waals surface area contributed by atoms with Crippen molar-refractivity contribution in [2.75, 3.05) is 13.2 Å². The lowest BCUT2D eigenvalue weighted by Gasteiger charge is -2.34. The number of hydrogen-bond donors (Lipinski definition) is 1. The summed E-state index contributed by atoms with van der Waals surface area (Å²) in [7, 11) is 0. The first-order valence-electron chi connectivity index (χ1n) is 4.58. The number of amides is 1. The SMILES string of the molecule is CC(C)N1C(=O)OCC1(C)CCO. The van der Waals surface area contributed by atoms with Crippen LogP contribution >= 0.6 is 0 Å². The minimum absolute atomic E-state index is 0.0797. The van der Waals surface area contributed by atoms with Crippen LogP contribution in [0.2, 0.25) is 0 Å². The molecule has 1 amide bonds. The molecule has 0 spiro atoms. The third-order valence-corrected chi connectivity index (χ3v) is 2.45. The molecule has 1 heterocycles. The van der Waals surface area contributed by atoms with Crippen LogP contribution in [0.1, 0.15) is 27.2 Å². The summed E-state index contributed by atoms with van der Waals surface area (Å²) < 4.78 is 4.97. The van der Waals surface area contributed by atoms with Crippen molar-refractivity contribution >= 4 is 6.09 Å². The lowest BCUT2D eigenvalue weighted by atomic mass is 9.97. The molecule has 0 aliphatic carbocycles. The van der Waals surface area contributed by atoms with Crippen LogP contribution in [0, 0.1) is 0 Å². The number of hydrogen-bond acceptors (Lipinski definition) is 3. The van der Waals surface area contributed by atoms with Gasteiger partial charge in [-0.05, 0) is 27.2 Å². The van der Waals surface area contributed by atoms with E-state index in [1.165, 1.54) is 0 Å². The summed E-state index contributed by atoms with van der Waals surface area (Å²) in [6, 6.07) is 0.117. The molecule has 1 saturated heterocycles. The van der Waals surface area contributed by atoms with Crippen molar-refractivity contribution < 1.29 is 14.6 Å². The predicted molar refractivity (Wildman–Crippen MR) is 48.4 cm³/mol. The van der Waals surface area contributed by atoms with Crippen molar-refractivity contribution in [2.45, 2.75) is 38.8 Å². The molecule has 0 bridgehead atoms. The Labute approximate surface area is 78.5 Å². The van der Waals surface area contributed by atoms with Gasteiger partial charge in [0, 0.05) is 12.6 Å². The lowest BCUT2D eigenvalue weighted by molar-refractivity contribution is 0.114. The summed E-state index contributed by atoms with van der Waals surface area (Å²) >= 11 is 0. The molecule has 4 nitrogen and oxygen atoms in total. The van der Waals surface area contributed by atoms with Gasteiger partial charge in [0.25, 0.3) is 0 Å². The Hall–Kier alpha value is -0.770. The third kappa shape index (κ3) is 1.77. The van der Waals surface area contributed by atoms with Crippen molar-refractivity contribution in [2.24, 2.45) is 0 Å². The van der Waals surface area contributed by atoms with Crippen LogP contribution in [0.5, 0.6) is 0 Å². The highest BCUT2D eigenvalue weighted by molar-refractivity contribution is 5.71. The highest BCUT2D eigenvalue weighted by atomic mass is 16.6. The van der Waals surface area contributed by atoms with Gasteiger partial charge in [-0.25, -0.2) is 4.79 Å². The predicted octanol–water partition coefficient (Wildman–Crippen LogP) is 0.988. The molecule has 1 aliphatic rings. The zero-order valence-corrected chi connectivity index (χ0v) is 8.41. The molecule has 1 fully saturated rings. The number of aliphatic hydroxyl groups excluding tert-OH is 1. The first-order chi connectivity index (χ1) is 6.01. The molecular weight excluding hydrogens is 170 g/mol. The van der Waals surface area contributed by atoms with Crippen LogP contribution in [0.4, 0.5) is 4.79 Å². The largest absolute Gasteiger partial charge is 0.447 e. The fourth-order valence-electron chi connectivity index (χ4n) is 1.84. The molecule has 0 saturated carbocycles. The molecular formula is C9H17NO3. The summed E-state index contributed by atoms with van der Waals surface area (Å²) in [5.74, 6) is 0. The minimum Gasteiger partial charge on any atom is -0.447 e. The van der Waals surface area contributed by atoms with Gasteiger partial charge in [0.05, 0.1) is 5.54 Å². The Morgan fingerprint density at radius 2 is 2.31 bits per heavy atom. The lowest BCUT2D eigenvalue weighted by Crippen LogP contribution is -2.48. The molecule has 0 aromatic heterocycles. The van der Waals surface area contributed by atoms with E-state index in [1.807, 2.05) is 20.8 Å². The average Bonchev–Trinajstić information content (AvgIpc) is 2.27. The number of aliphatic hydroxyl groups is 1. The second-order valence-electron chi connectivity index (χ2n) is 3.99. The second kappa shape index (κ2) is 3.54. The van der Waals surface area contributed by atoms with Gasteiger partial charge >= 0.3 is 6.09 Å². The number of ether oxygens (including phenoxy) is 1. The topological polar surface area (TPSA) is 49.8 Å². The number of cyclic esters (lactones) is 1. The normalized spacial score (nSPS) is 28.4. The fraction of sp³-hybridized carbons (Fsp3) is 0.889. The Bertz CT molecular complexity index is 205. The molecule has 0 radical (unpaired) electrons. The Balaban J connectivity index is 2.79. The second-order valence-corrected chi connectivity index (χ2v) is 3.99. The van der Waals surface area contributed by atoms with Crippen molar-refractivity contribution in [3.8, 4) is 0 Å². The van der Waals surface area contributed by atoms with Crippen LogP contribution in [-0.4, -0.2) is 40.9 Å². The van der Waals surface area contributed by atoms with Crippen molar-refractivity contribution in [3.05, 3.63) is 0 Å². The van der Waals surface area contributed by atoms with Crippen LogP contribution in [-0.2, 0) is 4.74 Å². The molecule has 13 heavy (non-hydrogen) atoms. The molecule has 76 valence electrons. The molecule has 1 aliphatic heterocycles. The van der Waals surface area contributed by atoms with Gasteiger partial charge in [-0.3, -0.25) is 4.90 Å². The van der Waals surface area contributed by atoms with Crippen molar-refractivity contribution in [1.29, 1.82) is 0 Å². The number of nitrogens with zero attached hydrogens (tertiary/aromatic N) is 1. The zero-order valence-electron chi connectivity index (χ0n) is 8.41. The monoisotopic (exact) mass is 187 g/mol. The van der Waals surface area contributed by atoms with E-state index in [0.717, 1.165) is 0 Å². The van der Waals surface area contributed by atoms with Gasteiger partial charge in [0.1, 0.15) is 6.61 Å². The van der Waals surface area contributed by atoms with Gasteiger partial charge in [-0.15, -0.1) is 0 Å². The van der Waals surface area contributed by atoms with Gasteiger partial charge < -0.3 is 9.84 Å². The standard InChI is InChI=1S/C9H17NO3/c1-7(2)10-8(12)13-6-9(10,3)4-5-11/h7,11H,4-6H2,1-3H3. The average molecular weight is 187 g/mol. The Morgan fingerprint density at radius 1 is 1.69 bits per heavy atom. The van der Waals surface area contributed by atoms with Crippen LogP contribution in [0.15, 0.2) is 0 Å². The van der Waals surface area contributed by atoms with E-state index in [2.05, 4.69) is 0 Å². The van der Waals surface area contributed by atoms with Gasteiger partial charge in [0.15, 0.2) is 0 Å².